The van der Waals surface area contributed by atoms with E-state index in [1.165, 1.54) is 12.1 Å². The predicted molar refractivity (Wildman–Crippen MR) is 78.3 cm³/mol. The molecular formula is C14H25NO4S. The van der Waals surface area contributed by atoms with Gasteiger partial charge in [-0.05, 0) is 26.0 Å². The van der Waals surface area contributed by atoms with E-state index < -0.39 is 10.1 Å². The SMILES string of the molecule is CC(O)CC[N+](C)(C)C.Cc1ccc(S(=O)(=O)[O-])cc1. The second kappa shape index (κ2) is 7.73. The molecule has 1 rings (SSSR count). The first-order chi connectivity index (χ1) is 8.92. The molecule has 1 atom stereocenters. The Kier molecular flexibility index (Phi) is 7.37. The molecule has 0 saturated carbocycles. The van der Waals surface area contributed by atoms with E-state index >= 15 is 0 Å². The Morgan fingerprint density at radius 2 is 1.65 bits per heavy atom. The Hall–Kier alpha value is -0.950. The first kappa shape index (κ1) is 19.1. The molecule has 0 bridgehead atoms. The van der Waals surface area contributed by atoms with Gasteiger partial charge < -0.3 is 14.1 Å². The number of aliphatic hydroxyl groups excluding tert-OH is 1. The van der Waals surface area contributed by atoms with Crippen LogP contribution in [-0.2, 0) is 10.1 Å². The average Bonchev–Trinajstić information content (AvgIpc) is 2.26. The molecule has 0 aliphatic carbocycles. The minimum atomic E-state index is -4.27. The fourth-order valence-electron chi connectivity index (χ4n) is 1.28. The van der Waals surface area contributed by atoms with Gasteiger partial charge >= 0.3 is 0 Å². The summed E-state index contributed by atoms with van der Waals surface area (Å²) < 4.78 is 32.1. The molecule has 20 heavy (non-hydrogen) atoms. The van der Waals surface area contributed by atoms with Crippen molar-refractivity contribution >= 4 is 10.1 Å². The maximum atomic E-state index is 10.4. The molecule has 1 aromatic rings. The third-order valence-electron chi connectivity index (χ3n) is 2.53. The molecule has 0 heterocycles. The van der Waals surface area contributed by atoms with Crippen molar-refractivity contribution in [2.24, 2.45) is 0 Å². The zero-order chi connectivity index (χ0) is 16.0. The smallest absolute Gasteiger partial charge is 0.124 e. The van der Waals surface area contributed by atoms with Gasteiger partial charge in [0.1, 0.15) is 10.1 Å². The van der Waals surface area contributed by atoms with Crippen LogP contribution in [0.1, 0.15) is 18.9 Å². The first-order valence-corrected chi connectivity index (χ1v) is 7.84. The Labute approximate surface area is 122 Å². The summed E-state index contributed by atoms with van der Waals surface area (Å²) in [6, 6.07) is 5.78. The van der Waals surface area contributed by atoms with Crippen LogP contribution < -0.4 is 0 Å². The standard InChI is InChI=1S/C7H18NO.C7H8O3S/c1-7(9)5-6-8(2,3)4;1-6-2-4-7(5-3-6)11(8,9)10/h7,9H,5-6H2,1-4H3;2-5H,1H3,(H,8,9,10)/q+1;/p-1. The number of hydrogen-bond donors (Lipinski definition) is 1. The van der Waals surface area contributed by atoms with E-state index in [4.69, 9.17) is 5.11 Å². The number of aliphatic hydroxyl groups is 1. The van der Waals surface area contributed by atoms with E-state index in [9.17, 15) is 13.0 Å². The minimum absolute atomic E-state index is 0.151. The second-order valence-corrected chi connectivity index (χ2v) is 7.30. The van der Waals surface area contributed by atoms with Crippen molar-refractivity contribution < 1.29 is 22.6 Å². The van der Waals surface area contributed by atoms with Crippen LogP contribution in [0, 0.1) is 6.92 Å². The van der Waals surface area contributed by atoms with Crippen LogP contribution >= 0.6 is 0 Å². The summed E-state index contributed by atoms with van der Waals surface area (Å²) in [6.45, 7) is 4.69. The highest BCUT2D eigenvalue weighted by Gasteiger charge is 2.07. The summed E-state index contributed by atoms with van der Waals surface area (Å²) in [6.07, 6.45) is 0.742. The monoisotopic (exact) mass is 303 g/mol. The van der Waals surface area contributed by atoms with Gasteiger partial charge in [-0.3, -0.25) is 0 Å². The summed E-state index contributed by atoms with van der Waals surface area (Å²) in [7, 11) is 2.11. The van der Waals surface area contributed by atoms with Gasteiger partial charge in [-0.2, -0.15) is 0 Å². The highest BCUT2D eigenvalue weighted by molar-refractivity contribution is 7.85. The molecule has 0 aromatic heterocycles. The molecule has 5 nitrogen and oxygen atoms in total. The van der Waals surface area contributed by atoms with E-state index in [2.05, 4.69) is 21.1 Å². The number of quaternary nitrogens is 1. The van der Waals surface area contributed by atoms with E-state index in [0.29, 0.717) is 0 Å². The van der Waals surface area contributed by atoms with Crippen LogP contribution in [0.4, 0.5) is 0 Å². The molecule has 1 aromatic carbocycles. The van der Waals surface area contributed by atoms with E-state index in [1.54, 1.807) is 12.1 Å². The second-order valence-electron chi connectivity index (χ2n) is 5.92. The third-order valence-corrected chi connectivity index (χ3v) is 3.38. The van der Waals surface area contributed by atoms with Crippen molar-refractivity contribution in [1.29, 1.82) is 0 Å². The van der Waals surface area contributed by atoms with Gasteiger partial charge in [-0.1, -0.05) is 17.7 Å². The van der Waals surface area contributed by atoms with Gasteiger partial charge in [0, 0.05) is 6.42 Å². The zero-order valence-corrected chi connectivity index (χ0v) is 13.6. The Morgan fingerprint density at radius 3 is 1.90 bits per heavy atom. The van der Waals surface area contributed by atoms with Crippen molar-refractivity contribution in [3.63, 3.8) is 0 Å². The number of rotatable bonds is 4. The summed E-state index contributed by atoms with van der Waals surface area (Å²) >= 11 is 0. The van der Waals surface area contributed by atoms with E-state index in [-0.39, 0.29) is 11.0 Å². The van der Waals surface area contributed by atoms with Gasteiger partial charge in [0.05, 0.1) is 38.7 Å². The summed E-state index contributed by atoms with van der Waals surface area (Å²) in [5.74, 6) is 0. The Bertz CT molecular complexity index is 487. The van der Waals surface area contributed by atoms with Crippen molar-refractivity contribution in [2.45, 2.75) is 31.3 Å². The fourth-order valence-corrected chi connectivity index (χ4v) is 1.75. The summed E-state index contributed by atoms with van der Waals surface area (Å²) in [4.78, 5) is -0.178. The molecule has 0 spiro atoms. The Balaban J connectivity index is 0.000000370. The lowest BCUT2D eigenvalue weighted by Crippen LogP contribution is -2.36. The lowest BCUT2D eigenvalue weighted by molar-refractivity contribution is -0.870. The summed E-state index contributed by atoms with van der Waals surface area (Å²) in [5, 5.41) is 8.91. The number of aryl methyl sites for hydroxylation is 1. The van der Waals surface area contributed by atoms with Gasteiger partial charge in [-0.25, -0.2) is 8.42 Å². The van der Waals surface area contributed by atoms with Crippen LogP contribution in [-0.4, -0.2) is 56.4 Å². The summed E-state index contributed by atoms with van der Waals surface area (Å²) in [5.41, 5.74) is 0.928. The maximum absolute atomic E-state index is 10.4. The number of benzene rings is 1. The van der Waals surface area contributed by atoms with Crippen molar-refractivity contribution in [3.8, 4) is 0 Å². The molecular weight excluding hydrogens is 278 g/mol. The molecule has 116 valence electrons. The minimum Gasteiger partial charge on any atom is -0.744 e. The van der Waals surface area contributed by atoms with Gasteiger partial charge in [0.2, 0.25) is 0 Å². The lowest BCUT2D eigenvalue weighted by Gasteiger charge is -2.24. The normalized spacial score (nSPS) is 13.3. The average molecular weight is 303 g/mol. The zero-order valence-electron chi connectivity index (χ0n) is 12.8. The molecule has 0 fully saturated rings. The first-order valence-electron chi connectivity index (χ1n) is 6.43. The lowest BCUT2D eigenvalue weighted by atomic mass is 10.2. The highest BCUT2D eigenvalue weighted by atomic mass is 32.2. The van der Waals surface area contributed by atoms with E-state index in [1.807, 2.05) is 13.8 Å². The van der Waals surface area contributed by atoms with Crippen LogP contribution in [0.5, 0.6) is 0 Å². The molecule has 1 unspecified atom stereocenters. The molecule has 1 N–H and O–H groups in total. The fraction of sp³-hybridized carbons (Fsp3) is 0.571. The molecule has 0 radical (unpaired) electrons. The van der Waals surface area contributed by atoms with E-state index in [0.717, 1.165) is 23.0 Å². The van der Waals surface area contributed by atoms with Crippen molar-refractivity contribution in [3.05, 3.63) is 29.8 Å². The van der Waals surface area contributed by atoms with Crippen molar-refractivity contribution in [2.75, 3.05) is 27.7 Å². The number of hydrogen-bond acceptors (Lipinski definition) is 4. The quantitative estimate of drug-likeness (QED) is 0.673. The van der Waals surface area contributed by atoms with Gasteiger partial charge in [-0.15, -0.1) is 0 Å². The molecule has 0 aliphatic heterocycles. The molecule has 6 heteroatoms. The largest absolute Gasteiger partial charge is 0.744 e. The van der Waals surface area contributed by atoms with Gasteiger partial charge in [0.25, 0.3) is 0 Å². The molecule has 0 aliphatic rings. The Morgan fingerprint density at radius 1 is 1.20 bits per heavy atom. The van der Waals surface area contributed by atoms with Crippen molar-refractivity contribution in [1.82, 2.24) is 0 Å². The topological polar surface area (TPSA) is 77.4 Å². The predicted octanol–water partition coefficient (Wildman–Crippen LogP) is 1.36. The number of nitrogens with zero attached hydrogens (tertiary/aromatic N) is 1. The highest BCUT2D eigenvalue weighted by Crippen LogP contribution is 2.08. The van der Waals surface area contributed by atoms with Crippen LogP contribution in [0.2, 0.25) is 0 Å². The van der Waals surface area contributed by atoms with Crippen LogP contribution in [0.25, 0.3) is 0 Å². The molecule has 0 saturated heterocycles. The van der Waals surface area contributed by atoms with Crippen LogP contribution in [0.3, 0.4) is 0 Å². The maximum Gasteiger partial charge on any atom is 0.124 e. The third kappa shape index (κ3) is 9.91. The molecule has 0 amide bonds. The van der Waals surface area contributed by atoms with Gasteiger partial charge in [0.15, 0.2) is 0 Å². The van der Waals surface area contributed by atoms with Crippen LogP contribution in [0.15, 0.2) is 29.2 Å².